The van der Waals surface area contributed by atoms with E-state index in [1.54, 1.807) is 6.08 Å². The quantitative estimate of drug-likeness (QED) is 0.363. The van der Waals surface area contributed by atoms with E-state index in [-0.39, 0.29) is 5.97 Å². The minimum Gasteiger partial charge on any atom is -0.466 e. The van der Waals surface area contributed by atoms with E-state index in [1.165, 1.54) is 7.11 Å². The number of hydrogen-bond acceptors (Lipinski definition) is 4. The molecule has 4 nitrogen and oxygen atoms in total. The molecular weight excluding hydrogens is 158 g/mol. The van der Waals surface area contributed by atoms with Gasteiger partial charge in [-0.25, -0.2) is 4.79 Å². The molecule has 1 aliphatic rings. The lowest BCUT2D eigenvalue weighted by Crippen LogP contribution is -2.12. The second kappa shape index (κ2) is 3.90. The lowest BCUT2D eigenvalue weighted by atomic mass is 9.98. The van der Waals surface area contributed by atoms with Crippen molar-refractivity contribution in [2.75, 3.05) is 7.11 Å². The predicted molar refractivity (Wildman–Crippen MR) is 43.2 cm³/mol. The number of methoxy groups -OCH3 is 1. The monoisotopic (exact) mass is 169 g/mol. The van der Waals surface area contributed by atoms with Crippen molar-refractivity contribution in [2.24, 2.45) is 5.16 Å². The molecule has 1 rings (SSSR count). The zero-order valence-electron chi connectivity index (χ0n) is 6.91. The molecule has 66 valence electrons. The second-order valence-electron chi connectivity index (χ2n) is 2.61. The first-order chi connectivity index (χ1) is 5.77. The maximum atomic E-state index is 11.0. The first kappa shape index (κ1) is 8.77. The van der Waals surface area contributed by atoms with Gasteiger partial charge in [-0.15, -0.1) is 0 Å². The second-order valence-corrected chi connectivity index (χ2v) is 2.61. The van der Waals surface area contributed by atoms with Crippen molar-refractivity contribution in [3.63, 3.8) is 0 Å². The first-order valence-electron chi connectivity index (χ1n) is 3.77. The maximum absolute atomic E-state index is 11.0. The molecule has 1 N–H and O–H groups in total. The van der Waals surface area contributed by atoms with Crippen LogP contribution in [0.2, 0.25) is 0 Å². The van der Waals surface area contributed by atoms with Crippen LogP contribution >= 0.6 is 0 Å². The summed E-state index contributed by atoms with van der Waals surface area (Å²) < 4.78 is 4.54. The van der Waals surface area contributed by atoms with Gasteiger partial charge in [-0.3, -0.25) is 0 Å². The van der Waals surface area contributed by atoms with Gasteiger partial charge in [0.1, 0.15) is 0 Å². The number of allylic oxidation sites excluding steroid dienone is 1. The highest BCUT2D eigenvalue weighted by atomic mass is 16.5. The van der Waals surface area contributed by atoms with Gasteiger partial charge in [-0.1, -0.05) is 5.16 Å². The van der Waals surface area contributed by atoms with E-state index in [2.05, 4.69) is 9.89 Å². The van der Waals surface area contributed by atoms with Crippen LogP contribution in [-0.4, -0.2) is 24.0 Å². The summed E-state index contributed by atoms with van der Waals surface area (Å²) in [5.74, 6) is -0.337. The van der Waals surface area contributed by atoms with Crippen LogP contribution in [0.25, 0.3) is 0 Å². The molecular formula is C8H11NO3. The Kier molecular flexibility index (Phi) is 2.85. The average molecular weight is 169 g/mol. The zero-order chi connectivity index (χ0) is 8.97. The molecule has 0 saturated carbocycles. The standard InChI is InChI=1S/C8H11NO3/c1-12-8(10)6-3-2-4-7(5-6)9-11/h5,11H,2-4H2,1H3. The molecule has 0 saturated heterocycles. The van der Waals surface area contributed by atoms with E-state index < -0.39 is 0 Å². The summed E-state index contributed by atoms with van der Waals surface area (Å²) in [4.78, 5) is 11.0. The van der Waals surface area contributed by atoms with Crippen LogP contribution < -0.4 is 0 Å². The summed E-state index contributed by atoms with van der Waals surface area (Å²) in [6, 6.07) is 0. The fourth-order valence-electron chi connectivity index (χ4n) is 1.18. The topological polar surface area (TPSA) is 58.9 Å². The Hall–Kier alpha value is -1.32. The van der Waals surface area contributed by atoms with Crippen LogP contribution in [-0.2, 0) is 9.53 Å². The van der Waals surface area contributed by atoms with E-state index in [4.69, 9.17) is 5.21 Å². The summed E-state index contributed by atoms with van der Waals surface area (Å²) >= 11 is 0. The van der Waals surface area contributed by atoms with Gasteiger partial charge in [0, 0.05) is 5.57 Å². The molecule has 0 aromatic heterocycles. The molecule has 0 amide bonds. The normalized spacial score (nSPS) is 20.4. The maximum Gasteiger partial charge on any atom is 0.333 e. The Balaban J connectivity index is 2.77. The molecule has 0 fully saturated rings. The summed E-state index contributed by atoms with van der Waals surface area (Å²) in [6.07, 6.45) is 3.83. The molecule has 4 heteroatoms. The van der Waals surface area contributed by atoms with E-state index in [0.717, 1.165) is 12.8 Å². The van der Waals surface area contributed by atoms with Gasteiger partial charge < -0.3 is 9.94 Å². The molecule has 0 aromatic rings. The van der Waals surface area contributed by atoms with Crippen LogP contribution in [0.3, 0.4) is 0 Å². The molecule has 12 heavy (non-hydrogen) atoms. The Morgan fingerprint density at radius 2 is 2.42 bits per heavy atom. The van der Waals surface area contributed by atoms with Crippen molar-refractivity contribution >= 4 is 11.7 Å². The number of hydrogen-bond donors (Lipinski definition) is 1. The average Bonchev–Trinajstić information content (AvgIpc) is 2.17. The third kappa shape index (κ3) is 1.84. The SMILES string of the molecule is COC(=O)C1=CC(=NO)CCC1. The number of rotatable bonds is 1. The minimum absolute atomic E-state index is 0.337. The van der Waals surface area contributed by atoms with Gasteiger partial charge in [-0.05, 0) is 25.3 Å². The van der Waals surface area contributed by atoms with E-state index in [0.29, 0.717) is 17.7 Å². The lowest BCUT2D eigenvalue weighted by Gasteiger charge is -2.10. The van der Waals surface area contributed by atoms with Crippen molar-refractivity contribution in [3.05, 3.63) is 11.6 Å². The molecule has 0 spiro atoms. The number of carbonyl (C=O) groups excluding carboxylic acids is 1. The number of ether oxygens (including phenoxy) is 1. The highest BCUT2D eigenvalue weighted by molar-refractivity contribution is 6.03. The third-order valence-electron chi connectivity index (χ3n) is 1.80. The lowest BCUT2D eigenvalue weighted by molar-refractivity contribution is -0.136. The Labute approximate surface area is 70.5 Å². The Morgan fingerprint density at radius 3 is 3.00 bits per heavy atom. The molecule has 0 heterocycles. The molecule has 0 atom stereocenters. The number of carbonyl (C=O) groups is 1. The molecule has 0 aliphatic heterocycles. The van der Waals surface area contributed by atoms with Gasteiger partial charge in [0.2, 0.25) is 0 Å². The fourth-order valence-corrected chi connectivity index (χ4v) is 1.18. The third-order valence-corrected chi connectivity index (χ3v) is 1.80. The molecule has 0 radical (unpaired) electrons. The van der Waals surface area contributed by atoms with Gasteiger partial charge >= 0.3 is 5.97 Å². The first-order valence-corrected chi connectivity index (χ1v) is 3.77. The van der Waals surface area contributed by atoms with Crippen LogP contribution in [0.4, 0.5) is 0 Å². The molecule has 1 aliphatic carbocycles. The van der Waals surface area contributed by atoms with Crippen LogP contribution in [0.15, 0.2) is 16.8 Å². The smallest absolute Gasteiger partial charge is 0.333 e. The van der Waals surface area contributed by atoms with Gasteiger partial charge in [-0.2, -0.15) is 0 Å². The van der Waals surface area contributed by atoms with Gasteiger partial charge in [0.05, 0.1) is 12.8 Å². The number of esters is 1. The number of nitrogens with zero attached hydrogens (tertiary/aromatic N) is 1. The number of oxime groups is 1. The summed E-state index contributed by atoms with van der Waals surface area (Å²) in [5, 5.41) is 11.5. The Bertz CT molecular complexity index is 243. The van der Waals surface area contributed by atoms with E-state index >= 15 is 0 Å². The highest BCUT2D eigenvalue weighted by Crippen LogP contribution is 2.16. The van der Waals surface area contributed by atoms with Crippen LogP contribution in [0, 0.1) is 0 Å². The highest BCUT2D eigenvalue weighted by Gasteiger charge is 2.15. The minimum atomic E-state index is -0.337. The predicted octanol–water partition coefficient (Wildman–Crippen LogP) is 1.10. The fraction of sp³-hybridized carbons (Fsp3) is 0.500. The van der Waals surface area contributed by atoms with E-state index in [1.807, 2.05) is 0 Å². The van der Waals surface area contributed by atoms with Crippen molar-refractivity contribution in [2.45, 2.75) is 19.3 Å². The molecule has 0 aromatic carbocycles. The molecule has 0 bridgehead atoms. The van der Waals surface area contributed by atoms with Crippen molar-refractivity contribution in [1.29, 1.82) is 0 Å². The van der Waals surface area contributed by atoms with Crippen molar-refractivity contribution < 1.29 is 14.7 Å². The van der Waals surface area contributed by atoms with E-state index in [9.17, 15) is 4.79 Å². The van der Waals surface area contributed by atoms with Crippen molar-refractivity contribution in [3.8, 4) is 0 Å². The zero-order valence-corrected chi connectivity index (χ0v) is 6.91. The largest absolute Gasteiger partial charge is 0.466 e. The summed E-state index contributed by atoms with van der Waals surface area (Å²) in [7, 11) is 1.34. The summed E-state index contributed by atoms with van der Waals surface area (Å²) in [6.45, 7) is 0. The van der Waals surface area contributed by atoms with Crippen LogP contribution in [0.5, 0.6) is 0 Å². The summed E-state index contributed by atoms with van der Waals surface area (Å²) in [5.41, 5.74) is 1.12. The molecule has 0 unspecified atom stereocenters. The Morgan fingerprint density at radius 1 is 1.67 bits per heavy atom. The van der Waals surface area contributed by atoms with Crippen LogP contribution in [0.1, 0.15) is 19.3 Å². The van der Waals surface area contributed by atoms with Gasteiger partial charge in [0.15, 0.2) is 0 Å². The van der Waals surface area contributed by atoms with Crippen molar-refractivity contribution in [1.82, 2.24) is 0 Å². The van der Waals surface area contributed by atoms with Gasteiger partial charge in [0.25, 0.3) is 0 Å².